The fraction of sp³-hybridized carbons (Fsp3) is 0. The molecule has 1 aliphatic heterocycles. The van der Waals surface area contributed by atoms with Crippen molar-refractivity contribution in [1.82, 2.24) is 5.32 Å². The number of carbonyl (C=O) groups excluding carboxylic acids is 1. The normalized spacial score (nSPS) is 13.3. The van der Waals surface area contributed by atoms with Gasteiger partial charge in [0.05, 0.1) is 5.56 Å². The second-order valence-corrected chi connectivity index (χ2v) is 2.37. The van der Waals surface area contributed by atoms with Crippen LogP contribution in [0, 0.1) is 5.41 Å². The Morgan fingerprint density at radius 1 is 1.17 bits per heavy atom. The monoisotopic (exact) mass is 185 g/mol. The van der Waals surface area contributed by atoms with Crippen LogP contribution in [0.3, 0.4) is 0 Å². The zero-order chi connectivity index (χ0) is 7.84. The first-order valence-electron chi connectivity index (χ1n) is 3.28. The minimum atomic E-state index is -0.175. The van der Waals surface area contributed by atoms with E-state index in [1.165, 1.54) is 0 Å². The topological polar surface area (TPSA) is 53.0 Å². The first kappa shape index (κ1) is 10.1. The van der Waals surface area contributed by atoms with Crippen molar-refractivity contribution in [2.75, 3.05) is 0 Å². The third kappa shape index (κ3) is 1.53. The Kier molecular flexibility index (Phi) is 3.20. The number of amides is 1. The largest absolute Gasteiger partial charge is 0.307 e. The smallest absolute Gasteiger partial charge is 0.257 e. The van der Waals surface area contributed by atoms with Crippen molar-refractivity contribution >= 4 is 63.1 Å². The van der Waals surface area contributed by atoms with Crippen molar-refractivity contribution in [3.8, 4) is 0 Å². The first-order valence-corrected chi connectivity index (χ1v) is 3.28. The van der Waals surface area contributed by atoms with Gasteiger partial charge in [-0.25, -0.2) is 0 Å². The Labute approximate surface area is 112 Å². The van der Waals surface area contributed by atoms with Gasteiger partial charge in [0.1, 0.15) is 5.84 Å². The van der Waals surface area contributed by atoms with Gasteiger partial charge < -0.3 is 5.32 Å². The van der Waals surface area contributed by atoms with Crippen LogP contribution in [0.4, 0.5) is 0 Å². The molecule has 0 aliphatic carbocycles. The predicted molar refractivity (Wildman–Crippen MR) is 46.5 cm³/mol. The van der Waals surface area contributed by atoms with E-state index in [2.05, 4.69) is 5.32 Å². The van der Waals surface area contributed by atoms with Gasteiger partial charge in [-0.2, -0.15) is 0 Å². The molecule has 0 saturated carbocycles. The van der Waals surface area contributed by atoms with E-state index in [4.69, 9.17) is 5.41 Å². The molecule has 0 atom stereocenters. The number of rotatable bonds is 0. The Bertz CT molecular complexity index is 316. The number of benzene rings is 1. The second-order valence-electron chi connectivity index (χ2n) is 2.37. The molecule has 0 aromatic heterocycles. The standard InChI is InChI=1S/C8H6N2O.K/c9-7-5-3-1-2-4-6(5)8(11)10-7;/h1-4H,(H2,9,10,11);. The van der Waals surface area contributed by atoms with E-state index in [0.29, 0.717) is 11.1 Å². The molecule has 1 aliphatic rings. The summed E-state index contributed by atoms with van der Waals surface area (Å²) in [5.41, 5.74) is 1.29. The summed E-state index contributed by atoms with van der Waals surface area (Å²) in [5.74, 6) is 0.0243. The summed E-state index contributed by atoms with van der Waals surface area (Å²) in [6.45, 7) is 0. The van der Waals surface area contributed by atoms with Crippen LogP contribution in [0.25, 0.3) is 0 Å². The molecule has 1 heterocycles. The van der Waals surface area contributed by atoms with Crippen molar-refractivity contribution < 1.29 is 4.79 Å². The molecule has 55 valence electrons. The molecule has 0 fully saturated rings. The Morgan fingerprint density at radius 2 is 1.75 bits per heavy atom. The fourth-order valence-electron chi connectivity index (χ4n) is 1.15. The van der Waals surface area contributed by atoms with Crippen LogP contribution < -0.4 is 5.32 Å². The van der Waals surface area contributed by atoms with Crippen LogP contribution in [-0.4, -0.2) is 63.1 Å². The maximum absolute atomic E-state index is 11.0. The Balaban J connectivity index is 0.000000720. The molecule has 0 unspecified atom stereocenters. The van der Waals surface area contributed by atoms with E-state index in [1.807, 2.05) is 6.07 Å². The van der Waals surface area contributed by atoms with E-state index in [1.54, 1.807) is 18.2 Å². The SMILES string of the molecule is N=C1NC(=O)c2ccccc21.[K]. The number of nitrogens with one attached hydrogen (secondary N) is 2. The van der Waals surface area contributed by atoms with Crippen LogP contribution in [0.15, 0.2) is 24.3 Å². The number of fused-ring (bicyclic) bond motifs is 1. The molecule has 1 amide bonds. The minimum Gasteiger partial charge on any atom is -0.307 e. The van der Waals surface area contributed by atoms with Crippen molar-refractivity contribution in [3.63, 3.8) is 0 Å². The van der Waals surface area contributed by atoms with Crippen LogP contribution in [0.2, 0.25) is 0 Å². The van der Waals surface area contributed by atoms with Crippen LogP contribution in [-0.2, 0) is 0 Å². The molecule has 0 saturated heterocycles. The van der Waals surface area contributed by atoms with Gasteiger partial charge in [0, 0.05) is 56.9 Å². The predicted octanol–water partition coefficient (Wildman–Crippen LogP) is 0.375. The number of amidine groups is 1. The van der Waals surface area contributed by atoms with Crippen LogP contribution in [0.5, 0.6) is 0 Å². The van der Waals surface area contributed by atoms with E-state index in [0.717, 1.165) is 0 Å². The quantitative estimate of drug-likeness (QED) is 0.564. The second kappa shape index (κ2) is 3.80. The summed E-state index contributed by atoms with van der Waals surface area (Å²) in [5, 5.41) is 9.76. The van der Waals surface area contributed by atoms with Crippen molar-refractivity contribution in [2.24, 2.45) is 0 Å². The van der Waals surface area contributed by atoms with Crippen molar-refractivity contribution in [3.05, 3.63) is 35.4 Å². The molecule has 12 heavy (non-hydrogen) atoms. The van der Waals surface area contributed by atoms with E-state index >= 15 is 0 Å². The summed E-state index contributed by atoms with van der Waals surface area (Å²) < 4.78 is 0. The van der Waals surface area contributed by atoms with Gasteiger partial charge in [-0.05, 0) is 6.07 Å². The summed E-state index contributed by atoms with van der Waals surface area (Å²) in [4.78, 5) is 11.0. The van der Waals surface area contributed by atoms with Gasteiger partial charge in [-0.1, -0.05) is 18.2 Å². The number of hydrogen-bond acceptors (Lipinski definition) is 2. The van der Waals surface area contributed by atoms with E-state index < -0.39 is 0 Å². The van der Waals surface area contributed by atoms with Gasteiger partial charge in [0.2, 0.25) is 0 Å². The van der Waals surface area contributed by atoms with Crippen molar-refractivity contribution in [1.29, 1.82) is 5.41 Å². The number of hydrogen-bond donors (Lipinski definition) is 2. The number of carbonyl (C=O) groups is 1. The fourth-order valence-corrected chi connectivity index (χ4v) is 1.15. The molecule has 2 rings (SSSR count). The van der Waals surface area contributed by atoms with E-state index in [-0.39, 0.29) is 63.1 Å². The average molecular weight is 185 g/mol. The first-order chi connectivity index (χ1) is 5.29. The minimum absolute atomic E-state index is 0. The molecular formula is C8H6KN2O. The third-order valence-corrected chi connectivity index (χ3v) is 1.68. The van der Waals surface area contributed by atoms with Gasteiger partial charge >= 0.3 is 0 Å². The van der Waals surface area contributed by atoms with Gasteiger partial charge in [0.15, 0.2) is 0 Å². The molecular weight excluding hydrogens is 179 g/mol. The summed E-state index contributed by atoms with van der Waals surface area (Å²) in [7, 11) is 0. The van der Waals surface area contributed by atoms with Gasteiger partial charge in [-0.15, -0.1) is 0 Å². The Morgan fingerprint density at radius 3 is 2.33 bits per heavy atom. The average Bonchev–Trinajstić information content (AvgIpc) is 2.30. The summed E-state index contributed by atoms with van der Waals surface area (Å²) >= 11 is 0. The van der Waals surface area contributed by atoms with Crippen LogP contribution in [0.1, 0.15) is 15.9 Å². The maximum atomic E-state index is 11.0. The molecule has 0 bridgehead atoms. The van der Waals surface area contributed by atoms with E-state index in [9.17, 15) is 4.79 Å². The third-order valence-electron chi connectivity index (χ3n) is 1.68. The molecule has 3 nitrogen and oxygen atoms in total. The molecule has 2 N–H and O–H groups in total. The molecule has 1 radical (unpaired) electrons. The summed E-state index contributed by atoms with van der Waals surface area (Å²) in [6.07, 6.45) is 0. The van der Waals surface area contributed by atoms with Gasteiger partial charge in [0.25, 0.3) is 5.91 Å². The summed E-state index contributed by atoms with van der Waals surface area (Å²) in [6, 6.07) is 7.08. The van der Waals surface area contributed by atoms with Crippen molar-refractivity contribution in [2.45, 2.75) is 0 Å². The molecule has 1 aromatic carbocycles. The van der Waals surface area contributed by atoms with Gasteiger partial charge in [-0.3, -0.25) is 10.2 Å². The zero-order valence-electron chi connectivity index (χ0n) is 6.72. The molecule has 1 aromatic rings. The molecule has 4 heteroatoms. The molecule has 0 spiro atoms. The maximum Gasteiger partial charge on any atom is 0.257 e. The Hall–Kier alpha value is -0.00364. The zero-order valence-corrected chi connectivity index (χ0v) is 9.84. The van der Waals surface area contributed by atoms with Crippen LogP contribution >= 0.6 is 0 Å².